The molecule has 1 aromatic carbocycles. The minimum atomic E-state index is -1.51. The van der Waals surface area contributed by atoms with Crippen LogP contribution in [-0.2, 0) is 4.74 Å². The summed E-state index contributed by atoms with van der Waals surface area (Å²) in [6.45, 7) is 0. The number of aliphatic hydroxyl groups excluding tert-OH is 1. The molecule has 2 N–H and O–H groups in total. The van der Waals surface area contributed by atoms with E-state index in [1.54, 1.807) is 31.6 Å². The first-order valence-corrected chi connectivity index (χ1v) is 7.01. The largest absolute Gasteiger partial charge is 0.444 e. The maximum absolute atomic E-state index is 9.23. The molecule has 5 heteroatoms. The highest BCUT2D eigenvalue weighted by atomic mass is 16.5. The van der Waals surface area contributed by atoms with E-state index in [1.807, 2.05) is 18.2 Å². The van der Waals surface area contributed by atoms with Gasteiger partial charge in [-0.05, 0) is 24.1 Å². The van der Waals surface area contributed by atoms with Gasteiger partial charge in [0.05, 0.1) is 6.10 Å². The Morgan fingerprint density at radius 1 is 1.36 bits per heavy atom. The molecule has 3 rings (SSSR count). The average molecular weight is 299 g/mol. The van der Waals surface area contributed by atoms with E-state index in [-0.39, 0.29) is 6.10 Å². The van der Waals surface area contributed by atoms with Crippen LogP contribution in [0.4, 0.5) is 0 Å². The van der Waals surface area contributed by atoms with Crippen LogP contribution >= 0.6 is 0 Å². The van der Waals surface area contributed by atoms with E-state index in [0.717, 1.165) is 17.7 Å². The first-order valence-electron chi connectivity index (χ1n) is 7.01. The second kappa shape index (κ2) is 6.27. The van der Waals surface area contributed by atoms with Crippen molar-refractivity contribution in [2.75, 3.05) is 7.11 Å². The van der Waals surface area contributed by atoms with Crippen molar-refractivity contribution in [2.24, 2.45) is 0 Å². The fourth-order valence-electron chi connectivity index (χ4n) is 2.34. The normalized spacial score (nSPS) is 17.8. The van der Waals surface area contributed by atoms with Gasteiger partial charge in [-0.1, -0.05) is 30.4 Å². The number of ether oxygens (including phenoxy) is 1. The summed E-state index contributed by atoms with van der Waals surface area (Å²) in [6.07, 6.45) is 7.02. The molecular weight excluding hydrogens is 282 g/mol. The molecule has 1 unspecified atom stereocenters. The van der Waals surface area contributed by atoms with Crippen LogP contribution in [0.15, 0.2) is 53.2 Å². The van der Waals surface area contributed by atoms with Crippen LogP contribution in [0, 0.1) is 0 Å². The van der Waals surface area contributed by atoms with Gasteiger partial charge in [-0.15, -0.1) is 0 Å². The molecule has 1 aliphatic rings. The number of rotatable bonds is 4. The molecule has 0 radical (unpaired) electrons. The summed E-state index contributed by atoms with van der Waals surface area (Å²) in [4.78, 5) is 4.47. The topological polar surface area (TPSA) is 75.7 Å². The molecule has 0 saturated heterocycles. The van der Waals surface area contributed by atoms with Gasteiger partial charge in [0.1, 0.15) is 12.0 Å². The second-order valence-electron chi connectivity index (χ2n) is 5.07. The number of aromatic nitrogens is 1. The minimum Gasteiger partial charge on any atom is -0.444 e. The van der Waals surface area contributed by atoms with Crippen molar-refractivity contribution >= 4 is 5.57 Å². The predicted octanol–water partition coefficient (Wildman–Crippen LogP) is 2.68. The number of benzene rings is 1. The lowest BCUT2D eigenvalue weighted by atomic mass is 10.0. The fraction of sp³-hybridized carbons (Fsp3) is 0.235. The van der Waals surface area contributed by atoms with Crippen molar-refractivity contribution in [1.82, 2.24) is 4.98 Å². The zero-order valence-electron chi connectivity index (χ0n) is 12.1. The van der Waals surface area contributed by atoms with Gasteiger partial charge in [-0.25, -0.2) is 4.98 Å². The molecule has 114 valence electrons. The first kappa shape index (κ1) is 14.7. The molecule has 1 atom stereocenters. The van der Waals surface area contributed by atoms with Crippen molar-refractivity contribution in [3.63, 3.8) is 0 Å². The van der Waals surface area contributed by atoms with Crippen molar-refractivity contribution in [3.05, 3.63) is 60.0 Å². The summed E-state index contributed by atoms with van der Waals surface area (Å²) in [7, 11) is 1.69. The van der Waals surface area contributed by atoms with E-state index in [0.29, 0.717) is 17.0 Å². The van der Waals surface area contributed by atoms with Crippen LogP contribution in [0.3, 0.4) is 0 Å². The van der Waals surface area contributed by atoms with Gasteiger partial charge >= 0.3 is 0 Å². The number of oxazole rings is 1. The van der Waals surface area contributed by atoms with Crippen LogP contribution in [0.5, 0.6) is 0 Å². The molecule has 1 heterocycles. The van der Waals surface area contributed by atoms with E-state index < -0.39 is 6.29 Å². The molecule has 2 aromatic rings. The number of methoxy groups -OCH3 is 1. The zero-order valence-corrected chi connectivity index (χ0v) is 12.1. The summed E-state index contributed by atoms with van der Waals surface area (Å²) in [5, 5.41) is 18.5. The number of allylic oxidation sites excluding steroid dienone is 2. The van der Waals surface area contributed by atoms with Gasteiger partial charge in [0.25, 0.3) is 0 Å². The van der Waals surface area contributed by atoms with E-state index in [2.05, 4.69) is 11.1 Å². The average Bonchev–Trinajstić information content (AvgIpc) is 3.05. The van der Waals surface area contributed by atoms with Crippen LogP contribution < -0.4 is 0 Å². The number of hydrogen-bond acceptors (Lipinski definition) is 5. The summed E-state index contributed by atoms with van der Waals surface area (Å²) in [6, 6.07) is 6.83. The van der Waals surface area contributed by atoms with Gasteiger partial charge < -0.3 is 19.4 Å². The Bertz CT molecular complexity index is 715. The smallest absolute Gasteiger partial charge is 0.226 e. The van der Waals surface area contributed by atoms with E-state index >= 15 is 0 Å². The first-order chi connectivity index (χ1) is 10.7. The molecular formula is C17H17NO4. The third-order valence-corrected chi connectivity index (χ3v) is 3.59. The second-order valence-corrected chi connectivity index (χ2v) is 5.07. The van der Waals surface area contributed by atoms with Gasteiger partial charge in [0, 0.05) is 18.2 Å². The molecule has 0 fully saturated rings. The van der Waals surface area contributed by atoms with Gasteiger partial charge in [0.2, 0.25) is 5.89 Å². The Labute approximate surface area is 128 Å². The Balaban J connectivity index is 1.84. The summed E-state index contributed by atoms with van der Waals surface area (Å²) in [5.41, 5.74) is 2.83. The lowest BCUT2D eigenvalue weighted by Gasteiger charge is -2.12. The molecule has 0 aliphatic heterocycles. The highest BCUT2D eigenvalue weighted by Crippen LogP contribution is 2.27. The quantitative estimate of drug-likeness (QED) is 0.849. The van der Waals surface area contributed by atoms with Crippen molar-refractivity contribution in [3.8, 4) is 11.5 Å². The monoisotopic (exact) mass is 299 g/mol. The van der Waals surface area contributed by atoms with Crippen molar-refractivity contribution < 1.29 is 19.4 Å². The number of nitrogens with zero attached hydrogens (tertiary/aromatic N) is 1. The lowest BCUT2D eigenvalue weighted by Crippen LogP contribution is -2.08. The van der Waals surface area contributed by atoms with Crippen molar-refractivity contribution in [2.45, 2.75) is 18.8 Å². The standard InChI is InChI=1S/C17H17NO4/c1-21-14-7-5-11(6-8-14)15-10-22-16(18-15)12-3-2-4-13(9-12)17(19)20/h2-7,9-10,14,17,19-20H,8H2,1H3. The van der Waals surface area contributed by atoms with E-state index in [4.69, 9.17) is 9.15 Å². The van der Waals surface area contributed by atoms with Gasteiger partial charge in [0.15, 0.2) is 6.29 Å². The summed E-state index contributed by atoms with van der Waals surface area (Å²) < 4.78 is 10.8. The van der Waals surface area contributed by atoms with E-state index in [9.17, 15) is 10.2 Å². The van der Waals surface area contributed by atoms with Gasteiger partial charge in [-0.3, -0.25) is 0 Å². The SMILES string of the molecule is COC1C=CC(c2coc(-c3cccc(C(O)O)c3)n2)=CC1. The molecule has 1 aromatic heterocycles. The van der Waals surface area contributed by atoms with Crippen molar-refractivity contribution in [1.29, 1.82) is 0 Å². The van der Waals surface area contributed by atoms with Crippen LogP contribution in [0.25, 0.3) is 17.0 Å². The maximum Gasteiger partial charge on any atom is 0.226 e. The third-order valence-electron chi connectivity index (χ3n) is 3.59. The summed E-state index contributed by atoms with van der Waals surface area (Å²) >= 11 is 0. The highest BCUT2D eigenvalue weighted by molar-refractivity contribution is 5.73. The highest BCUT2D eigenvalue weighted by Gasteiger charge is 2.14. The molecule has 0 saturated carbocycles. The Kier molecular flexibility index (Phi) is 4.20. The Morgan fingerprint density at radius 3 is 2.91 bits per heavy atom. The molecule has 22 heavy (non-hydrogen) atoms. The molecule has 5 nitrogen and oxygen atoms in total. The number of aliphatic hydroxyl groups is 2. The van der Waals surface area contributed by atoms with Gasteiger partial charge in [-0.2, -0.15) is 0 Å². The fourth-order valence-corrected chi connectivity index (χ4v) is 2.34. The Morgan fingerprint density at radius 2 is 2.23 bits per heavy atom. The molecule has 1 aliphatic carbocycles. The maximum atomic E-state index is 9.23. The van der Waals surface area contributed by atoms with Crippen LogP contribution in [0.1, 0.15) is 24.0 Å². The molecule has 0 spiro atoms. The molecule has 0 amide bonds. The predicted molar refractivity (Wildman–Crippen MR) is 81.6 cm³/mol. The summed E-state index contributed by atoms with van der Waals surface area (Å²) in [5.74, 6) is 0.445. The van der Waals surface area contributed by atoms with Crippen LogP contribution in [0.2, 0.25) is 0 Å². The third kappa shape index (κ3) is 3.01. The lowest BCUT2D eigenvalue weighted by molar-refractivity contribution is -0.0424. The Hall–Kier alpha value is -2.21. The number of hydrogen-bond donors (Lipinski definition) is 2. The minimum absolute atomic E-state index is 0.109. The van der Waals surface area contributed by atoms with E-state index in [1.165, 1.54) is 0 Å². The zero-order chi connectivity index (χ0) is 15.5. The molecule has 0 bridgehead atoms. The van der Waals surface area contributed by atoms with Crippen LogP contribution in [-0.4, -0.2) is 28.4 Å².